The van der Waals surface area contributed by atoms with Gasteiger partial charge in [-0.15, -0.1) is 0 Å². The Hall–Kier alpha value is 0.110. The fourth-order valence-electron chi connectivity index (χ4n) is 1.36. The first-order chi connectivity index (χ1) is 6.45. The molecular weight excluding hydrogens is 201 g/mol. The molecule has 0 spiro atoms. The molecule has 0 radical (unpaired) electrons. The summed E-state index contributed by atoms with van der Waals surface area (Å²) >= 11 is 0. The summed E-state index contributed by atoms with van der Waals surface area (Å²) < 4.78 is 10.5. The molecule has 0 amide bonds. The first-order valence-electron chi connectivity index (χ1n) is 5.26. The van der Waals surface area contributed by atoms with Gasteiger partial charge in [0.2, 0.25) is 0 Å². The summed E-state index contributed by atoms with van der Waals surface area (Å²) in [5, 5.41) is 0. The van der Waals surface area contributed by atoms with Gasteiger partial charge in [0.05, 0.1) is 0 Å². The number of rotatable bonds is 8. The van der Waals surface area contributed by atoms with Crippen molar-refractivity contribution in [2.45, 2.75) is 51.5 Å². The molecule has 1 atom stereocenters. The van der Waals surface area contributed by atoms with Crippen molar-refractivity contribution >= 4 is 7.60 Å². The van der Waals surface area contributed by atoms with Crippen molar-refractivity contribution in [3.63, 3.8) is 0 Å². The van der Waals surface area contributed by atoms with Crippen LogP contribution in [0.15, 0.2) is 0 Å². The van der Waals surface area contributed by atoms with Gasteiger partial charge < -0.3 is 15.5 Å². The topological polar surface area (TPSA) is 83.6 Å². The van der Waals surface area contributed by atoms with Crippen LogP contribution in [0.4, 0.5) is 0 Å². The molecule has 0 aromatic rings. The molecule has 14 heavy (non-hydrogen) atoms. The van der Waals surface area contributed by atoms with Crippen molar-refractivity contribution in [2.24, 2.45) is 5.73 Å². The Kier molecular flexibility index (Phi) is 7.47. The van der Waals surface area contributed by atoms with Gasteiger partial charge in [-0.1, -0.05) is 26.2 Å². The van der Waals surface area contributed by atoms with E-state index in [4.69, 9.17) is 15.5 Å². The monoisotopic (exact) mass is 223 g/mol. The van der Waals surface area contributed by atoms with E-state index in [9.17, 15) is 4.57 Å². The van der Waals surface area contributed by atoms with Crippen molar-refractivity contribution in [3.8, 4) is 0 Å². The molecule has 1 unspecified atom stereocenters. The minimum atomic E-state index is -3.81. The number of nitrogens with two attached hydrogens (primary N) is 1. The van der Waals surface area contributed by atoms with Crippen LogP contribution in [-0.4, -0.2) is 22.0 Å². The molecule has 0 aliphatic heterocycles. The molecule has 0 rings (SSSR count). The van der Waals surface area contributed by atoms with Crippen LogP contribution in [0.3, 0.4) is 0 Å². The Morgan fingerprint density at radius 2 is 1.79 bits per heavy atom. The van der Waals surface area contributed by atoms with Gasteiger partial charge in [0.25, 0.3) is 0 Å². The lowest BCUT2D eigenvalue weighted by atomic mass is 10.1. The molecule has 0 aromatic carbocycles. The lowest BCUT2D eigenvalue weighted by molar-refractivity contribution is 0.369. The third-order valence-electron chi connectivity index (χ3n) is 2.20. The van der Waals surface area contributed by atoms with Gasteiger partial charge in [-0.05, 0) is 19.3 Å². The first-order valence-corrected chi connectivity index (χ1v) is 7.05. The smallest absolute Gasteiger partial charge is 0.325 e. The number of hydrogen-bond acceptors (Lipinski definition) is 2. The van der Waals surface area contributed by atoms with Crippen molar-refractivity contribution in [1.29, 1.82) is 0 Å². The van der Waals surface area contributed by atoms with Crippen LogP contribution in [0.2, 0.25) is 0 Å². The fraction of sp³-hybridized carbons (Fsp3) is 1.00. The highest BCUT2D eigenvalue weighted by molar-refractivity contribution is 7.51. The predicted molar refractivity (Wildman–Crippen MR) is 58.3 cm³/mol. The lowest BCUT2D eigenvalue weighted by Crippen LogP contribution is -2.19. The molecule has 4 N–H and O–H groups in total. The molecule has 0 fully saturated rings. The number of hydrogen-bond donors (Lipinski definition) is 3. The number of unbranched alkanes of at least 4 members (excludes halogenated alkanes) is 2. The van der Waals surface area contributed by atoms with E-state index >= 15 is 0 Å². The van der Waals surface area contributed by atoms with Gasteiger partial charge >= 0.3 is 7.60 Å². The minimum absolute atomic E-state index is 0.0333. The summed E-state index contributed by atoms with van der Waals surface area (Å²) in [4.78, 5) is 17.2. The molecule has 0 bridgehead atoms. The average Bonchev–Trinajstić information content (AvgIpc) is 2.02. The zero-order chi connectivity index (χ0) is 11.0. The molecule has 0 aliphatic carbocycles. The highest BCUT2D eigenvalue weighted by Crippen LogP contribution is 2.35. The predicted octanol–water partition coefficient (Wildman–Crippen LogP) is 1.85. The van der Waals surface area contributed by atoms with E-state index in [1.807, 2.05) is 0 Å². The summed E-state index contributed by atoms with van der Waals surface area (Å²) in [7, 11) is -3.81. The van der Waals surface area contributed by atoms with Crippen LogP contribution < -0.4 is 5.73 Å². The molecule has 5 heteroatoms. The molecule has 4 nitrogen and oxygen atoms in total. The quantitative estimate of drug-likeness (QED) is 0.433. The van der Waals surface area contributed by atoms with Crippen LogP contribution in [0, 0.1) is 0 Å². The van der Waals surface area contributed by atoms with Crippen LogP contribution in [0.5, 0.6) is 0 Å². The van der Waals surface area contributed by atoms with E-state index in [1.54, 1.807) is 0 Å². The van der Waals surface area contributed by atoms with Crippen molar-refractivity contribution in [3.05, 3.63) is 0 Å². The molecule has 86 valence electrons. The SMILES string of the molecule is CCCCCC(N)CCCP(=O)(O)O. The third kappa shape index (κ3) is 10.2. The van der Waals surface area contributed by atoms with Crippen molar-refractivity contribution < 1.29 is 14.4 Å². The van der Waals surface area contributed by atoms with E-state index in [2.05, 4.69) is 6.92 Å². The molecule has 0 aromatic heterocycles. The normalized spacial score (nSPS) is 14.3. The highest BCUT2D eigenvalue weighted by atomic mass is 31.2. The zero-order valence-corrected chi connectivity index (χ0v) is 9.75. The summed E-state index contributed by atoms with van der Waals surface area (Å²) in [6.45, 7) is 2.14. The molecule has 0 saturated heterocycles. The summed E-state index contributed by atoms with van der Waals surface area (Å²) in [6, 6.07) is 0.105. The second kappa shape index (κ2) is 7.41. The molecular formula is C9H22NO3P. The Labute approximate surface area is 86.1 Å². The van der Waals surface area contributed by atoms with E-state index in [0.717, 1.165) is 19.3 Å². The fourth-order valence-corrected chi connectivity index (χ4v) is 1.95. The maximum absolute atomic E-state index is 10.5. The maximum Gasteiger partial charge on any atom is 0.325 e. The van der Waals surface area contributed by atoms with E-state index in [1.165, 1.54) is 12.8 Å². The van der Waals surface area contributed by atoms with Crippen molar-refractivity contribution in [2.75, 3.05) is 6.16 Å². The molecule has 0 aliphatic rings. The second-order valence-electron chi connectivity index (χ2n) is 3.79. The van der Waals surface area contributed by atoms with Gasteiger partial charge in [-0.3, -0.25) is 4.57 Å². The third-order valence-corrected chi connectivity index (χ3v) is 3.10. The Morgan fingerprint density at radius 3 is 2.29 bits per heavy atom. The maximum atomic E-state index is 10.5. The summed E-state index contributed by atoms with van der Waals surface area (Å²) in [5.74, 6) is 0. The summed E-state index contributed by atoms with van der Waals surface area (Å²) in [5.41, 5.74) is 5.79. The van der Waals surface area contributed by atoms with Crippen LogP contribution >= 0.6 is 7.60 Å². The Balaban J connectivity index is 3.35. The van der Waals surface area contributed by atoms with E-state index < -0.39 is 7.60 Å². The average molecular weight is 223 g/mol. The highest BCUT2D eigenvalue weighted by Gasteiger charge is 2.12. The Morgan fingerprint density at radius 1 is 1.21 bits per heavy atom. The van der Waals surface area contributed by atoms with Gasteiger partial charge in [0.1, 0.15) is 0 Å². The first kappa shape index (κ1) is 14.1. The molecule has 0 saturated carbocycles. The van der Waals surface area contributed by atoms with Crippen LogP contribution in [-0.2, 0) is 4.57 Å². The largest absolute Gasteiger partial charge is 0.328 e. The summed E-state index contributed by atoms with van der Waals surface area (Å²) in [6.07, 6.45) is 5.66. The molecule has 0 heterocycles. The second-order valence-corrected chi connectivity index (χ2v) is 5.56. The van der Waals surface area contributed by atoms with Crippen molar-refractivity contribution in [1.82, 2.24) is 0 Å². The van der Waals surface area contributed by atoms with Crippen LogP contribution in [0.1, 0.15) is 45.4 Å². The van der Waals surface area contributed by atoms with E-state index in [-0.39, 0.29) is 12.2 Å². The zero-order valence-electron chi connectivity index (χ0n) is 8.85. The standard InChI is InChI=1S/C9H22NO3P/c1-2-3-4-6-9(10)7-5-8-14(11,12)13/h9H,2-8,10H2,1H3,(H2,11,12,13). The van der Waals surface area contributed by atoms with E-state index in [0.29, 0.717) is 6.42 Å². The minimum Gasteiger partial charge on any atom is -0.328 e. The van der Waals surface area contributed by atoms with Gasteiger partial charge in [0.15, 0.2) is 0 Å². The van der Waals surface area contributed by atoms with Crippen LogP contribution in [0.25, 0.3) is 0 Å². The Bertz CT molecular complexity index is 181. The lowest BCUT2D eigenvalue weighted by Gasteiger charge is -2.11. The van der Waals surface area contributed by atoms with Gasteiger partial charge in [-0.2, -0.15) is 0 Å². The van der Waals surface area contributed by atoms with Gasteiger partial charge in [0, 0.05) is 12.2 Å². The van der Waals surface area contributed by atoms with Gasteiger partial charge in [-0.25, -0.2) is 0 Å².